The molecule has 0 radical (unpaired) electrons. The topological polar surface area (TPSA) is 68.0 Å². The number of carbonyl (C=O) groups excluding carboxylic acids is 1. The molecule has 15 heavy (non-hydrogen) atoms. The summed E-state index contributed by atoms with van der Waals surface area (Å²) in [5.74, 6) is -0.0688. The second-order valence-electron chi connectivity index (χ2n) is 3.45. The van der Waals surface area contributed by atoms with Crippen molar-refractivity contribution in [3.05, 3.63) is 30.1 Å². The fourth-order valence-electron chi connectivity index (χ4n) is 1.18. The van der Waals surface area contributed by atoms with E-state index in [-0.39, 0.29) is 11.9 Å². The first-order valence-corrected chi connectivity index (χ1v) is 5.18. The number of rotatable bonds is 5. The van der Waals surface area contributed by atoms with Crippen LogP contribution in [0.2, 0.25) is 0 Å². The maximum atomic E-state index is 11.5. The minimum absolute atomic E-state index is 0.0688. The second kappa shape index (κ2) is 6.14. The van der Waals surface area contributed by atoms with Crippen molar-refractivity contribution in [1.82, 2.24) is 10.3 Å². The average Bonchev–Trinajstić information content (AvgIpc) is 2.29. The smallest absolute Gasteiger partial charge is 0.251 e. The molecule has 0 fully saturated rings. The number of nitrogens with one attached hydrogen (secondary N) is 1. The molecule has 1 atom stereocenters. The Morgan fingerprint density at radius 3 is 2.80 bits per heavy atom. The number of nitrogens with two attached hydrogens (primary N) is 1. The van der Waals surface area contributed by atoms with E-state index in [4.69, 9.17) is 5.73 Å². The summed E-state index contributed by atoms with van der Waals surface area (Å²) in [6.07, 6.45) is 4.96. The quantitative estimate of drug-likeness (QED) is 0.755. The third-order valence-electron chi connectivity index (χ3n) is 2.27. The average molecular weight is 207 g/mol. The van der Waals surface area contributed by atoms with Crippen LogP contribution in [0.25, 0.3) is 0 Å². The van der Waals surface area contributed by atoms with Gasteiger partial charge in [-0.25, -0.2) is 0 Å². The molecule has 3 N–H and O–H groups in total. The van der Waals surface area contributed by atoms with E-state index in [1.807, 2.05) is 6.92 Å². The molecule has 0 aliphatic carbocycles. The summed E-state index contributed by atoms with van der Waals surface area (Å²) in [7, 11) is 0. The van der Waals surface area contributed by atoms with Crippen molar-refractivity contribution in [3.63, 3.8) is 0 Å². The first kappa shape index (κ1) is 11.7. The maximum absolute atomic E-state index is 11.5. The molecule has 1 amide bonds. The number of amides is 1. The van der Waals surface area contributed by atoms with Gasteiger partial charge in [-0.05, 0) is 25.0 Å². The molecular weight excluding hydrogens is 190 g/mol. The zero-order valence-electron chi connectivity index (χ0n) is 8.94. The second-order valence-corrected chi connectivity index (χ2v) is 3.45. The van der Waals surface area contributed by atoms with Gasteiger partial charge < -0.3 is 11.1 Å². The van der Waals surface area contributed by atoms with Crippen LogP contribution in [0.3, 0.4) is 0 Å². The third-order valence-corrected chi connectivity index (χ3v) is 2.27. The molecule has 4 heteroatoms. The molecule has 0 aliphatic heterocycles. The monoisotopic (exact) mass is 207 g/mol. The van der Waals surface area contributed by atoms with Gasteiger partial charge in [0.15, 0.2) is 0 Å². The van der Waals surface area contributed by atoms with E-state index in [9.17, 15) is 4.79 Å². The van der Waals surface area contributed by atoms with E-state index in [1.54, 1.807) is 24.5 Å². The Morgan fingerprint density at radius 1 is 1.53 bits per heavy atom. The van der Waals surface area contributed by atoms with Gasteiger partial charge in [-0.2, -0.15) is 0 Å². The van der Waals surface area contributed by atoms with Gasteiger partial charge in [0.2, 0.25) is 0 Å². The van der Waals surface area contributed by atoms with Crippen molar-refractivity contribution in [2.24, 2.45) is 5.73 Å². The van der Waals surface area contributed by atoms with Crippen LogP contribution >= 0.6 is 0 Å². The Labute approximate surface area is 89.9 Å². The first-order chi connectivity index (χ1) is 7.24. The molecular formula is C11H17N3O. The highest BCUT2D eigenvalue weighted by atomic mass is 16.1. The van der Waals surface area contributed by atoms with Gasteiger partial charge in [-0.1, -0.05) is 6.92 Å². The molecule has 0 saturated heterocycles. The minimum Gasteiger partial charge on any atom is -0.352 e. The fraction of sp³-hybridized carbons (Fsp3) is 0.455. The van der Waals surface area contributed by atoms with Gasteiger partial charge in [0.05, 0.1) is 0 Å². The molecule has 1 aromatic heterocycles. The lowest BCUT2D eigenvalue weighted by molar-refractivity contribution is 0.0952. The molecule has 0 aliphatic rings. The summed E-state index contributed by atoms with van der Waals surface area (Å²) >= 11 is 0. The van der Waals surface area contributed by atoms with Crippen LogP contribution in [0.15, 0.2) is 24.5 Å². The molecule has 1 unspecified atom stereocenters. The summed E-state index contributed by atoms with van der Waals surface area (Å²) in [4.78, 5) is 15.4. The van der Waals surface area contributed by atoms with Crippen LogP contribution < -0.4 is 11.1 Å². The largest absolute Gasteiger partial charge is 0.352 e. The number of pyridine rings is 1. The van der Waals surface area contributed by atoms with Gasteiger partial charge in [0.25, 0.3) is 5.91 Å². The van der Waals surface area contributed by atoms with Gasteiger partial charge in [0.1, 0.15) is 0 Å². The summed E-state index contributed by atoms with van der Waals surface area (Å²) in [5, 5.41) is 2.82. The SMILES string of the molecule is CCC(N)CCNC(=O)c1ccncc1. The lowest BCUT2D eigenvalue weighted by atomic mass is 10.1. The van der Waals surface area contributed by atoms with Crippen LogP contribution in [0, 0.1) is 0 Å². The Kier molecular flexibility index (Phi) is 4.77. The molecule has 0 bridgehead atoms. The maximum Gasteiger partial charge on any atom is 0.251 e. The molecule has 82 valence electrons. The molecule has 1 heterocycles. The van der Waals surface area contributed by atoms with Crippen molar-refractivity contribution in [1.29, 1.82) is 0 Å². The van der Waals surface area contributed by atoms with Gasteiger partial charge in [-0.3, -0.25) is 9.78 Å². The van der Waals surface area contributed by atoms with Crippen molar-refractivity contribution < 1.29 is 4.79 Å². The zero-order valence-corrected chi connectivity index (χ0v) is 8.94. The molecule has 1 rings (SSSR count). The third kappa shape index (κ3) is 4.08. The standard InChI is InChI=1S/C11H17N3O/c1-2-10(12)5-8-14-11(15)9-3-6-13-7-4-9/h3-4,6-7,10H,2,5,8,12H2,1H3,(H,14,15). The van der Waals surface area contributed by atoms with E-state index < -0.39 is 0 Å². The first-order valence-electron chi connectivity index (χ1n) is 5.18. The van der Waals surface area contributed by atoms with Crippen LogP contribution in [0.5, 0.6) is 0 Å². The Bertz CT molecular complexity index is 300. The summed E-state index contributed by atoms with van der Waals surface area (Å²) in [6.45, 7) is 2.66. The number of hydrogen-bond acceptors (Lipinski definition) is 3. The molecule has 0 saturated carbocycles. The lowest BCUT2D eigenvalue weighted by Gasteiger charge is -2.09. The van der Waals surface area contributed by atoms with Gasteiger partial charge in [0, 0.05) is 30.5 Å². The van der Waals surface area contributed by atoms with E-state index in [0.29, 0.717) is 12.1 Å². The Morgan fingerprint density at radius 2 is 2.20 bits per heavy atom. The van der Waals surface area contributed by atoms with Gasteiger partial charge in [-0.15, -0.1) is 0 Å². The van der Waals surface area contributed by atoms with Crippen molar-refractivity contribution >= 4 is 5.91 Å². The lowest BCUT2D eigenvalue weighted by Crippen LogP contribution is -2.30. The van der Waals surface area contributed by atoms with Crippen LogP contribution in [0.1, 0.15) is 30.1 Å². The van der Waals surface area contributed by atoms with E-state index in [2.05, 4.69) is 10.3 Å². The van der Waals surface area contributed by atoms with Crippen LogP contribution in [-0.2, 0) is 0 Å². The number of carbonyl (C=O) groups is 1. The van der Waals surface area contributed by atoms with E-state index in [1.165, 1.54) is 0 Å². The summed E-state index contributed by atoms with van der Waals surface area (Å²) in [6, 6.07) is 3.55. The highest BCUT2D eigenvalue weighted by molar-refractivity contribution is 5.93. The Hall–Kier alpha value is -1.42. The van der Waals surface area contributed by atoms with Crippen LogP contribution in [-0.4, -0.2) is 23.5 Å². The highest BCUT2D eigenvalue weighted by Crippen LogP contribution is 1.96. The molecule has 1 aromatic rings. The number of hydrogen-bond donors (Lipinski definition) is 2. The highest BCUT2D eigenvalue weighted by Gasteiger charge is 2.04. The van der Waals surface area contributed by atoms with Crippen molar-refractivity contribution in [2.45, 2.75) is 25.8 Å². The van der Waals surface area contributed by atoms with Gasteiger partial charge >= 0.3 is 0 Å². The molecule has 0 spiro atoms. The number of nitrogens with zero attached hydrogens (tertiary/aromatic N) is 1. The normalized spacial score (nSPS) is 12.1. The minimum atomic E-state index is -0.0688. The fourth-order valence-corrected chi connectivity index (χ4v) is 1.18. The zero-order chi connectivity index (χ0) is 11.1. The van der Waals surface area contributed by atoms with E-state index >= 15 is 0 Å². The molecule has 0 aromatic carbocycles. The molecule has 4 nitrogen and oxygen atoms in total. The van der Waals surface area contributed by atoms with Crippen LogP contribution in [0.4, 0.5) is 0 Å². The number of aromatic nitrogens is 1. The van der Waals surface area contributed by atoms with E-state index in [0.717, 1.165) is 12.8 Å². The summed E-state index contributed by atoms with van der Waals surface area (Å²) in [5.41, 5.74) is 6.37. The summed E-state index contributed by atoms with van der Waals surface area (Å²) < 4.78 is 0. The predicted octanol–water partition coefficient (Wildman–Crippen LogP) is 0.939. The van der Waals surface area contributed by atoms with Crippen molar-refractivity contribution in [2.75, 3.05) is 6.54 Å². The van der Waals surface area contributed by atoms with Crippen molar-refractivity contribution in [3.8, 4) is 0 Å². The predicted molar refractivity (Wildman–Crippen MR) is 59.5 cm³/mol. The Balaban J connectivity index is 2.31.